The van der Waals surface area contributed by atoms with E-state index < -0.39 is 82.5 Å². The molecule has 1 fully saturated rings. The second-order valence-electron chi connectivity index (χ2n) is 9.91. The summed E-state index contributed by atoms with van der Waals surface area (Å²) in [7, 11) is 2.76. The van der Waals surface area contributed by atoms with Crippen LogP contribution in [0, 0.1) is 0 Å². The Morgan fingerprint density at radius 2 is 1.57 bits per heavy atom. The van der Waals surface area contributed by atoms with Gasteiger partial charge in [-0.2, -0.15) is 0 Å². The van der Waals surface area contributed by atoms with Crippen LogP contribution in [-0.2, 0) is 9.47 Å². The molecule has 4 aromatic rings. The van der Waals surface area contributed by atoms with Gasteiger partial charge in [0.1, 0.15) is 47.1 Å². The number of aliphatic hydroxyl groups excluding tert-OH is 3. The van der Waals surface area contributed by atoms with Crippen molar-refractivity contribution >= 4 is 16.9 Å². The van der Waals surface area contributed by atoms with Crippen LogP contribution in [0.5, 0.6) is 34.5 Å². The molecule has 7 N–H and O–H groups in total. The number of hydrogen-bond acceptors (Lipinski definition) is 14. The Balaban J connectivity index is 1.67. The average molecular weight is 613 g/mol. The highest BCUT2D eigenvalue weighted by atomic mass is 16.6. The minimum atomic E-state index is -1.89. The van der Waals surface area contributed by atoms with Crippen molar-refractivity contribution in [3.8, 4) is 45.8 Å². The highest BCUT2D eigenvalue weighted by molar-refractivity contribution is 5.91. The summed E-state index contributed by atoms with van der Waals surface area (Å²) in [5.74, 6) is -3.02. The van der Waals surface area contributed by atoms with E-state index in [2.05, 4.69) is 0 Å². The molecule has 1 saturated heterocycles. The second kappa shape index (κ2) is 11.9. The molecule has 5 rings (SSSR count). The summed E-state index contributed by atoms with van der Waals surface area (Å²) >= 11 is 0. The zero-order chi connectivity index (χ0) is 31.9. The Bertz CT molecular complexity index is 1780. The van der Waals surface area contributed by atoms with Crippen molar-refractivity contribution in [2.75, 3.05) is 20.8 Å². The van der Waals surface area contributed by atoms with Crippen LogP contribution in [0.4, 0.5) is 0 Å². The van der Waals surface area contributed by atoms with E-state index in [0.29, 0.717) is 5.75 Å². The molecule has 0 amide bonds. The standard InChI is InChI=1S/C30H28O14/c1-40-19-6-4-13(8-21(19)41-2)30(39)44-29-26(38)25(37)22(11-31)43-28(29)24-17(35)9-16(34)23-18(36)10-20(42-27(23)24)12-3-5-14(32)15(33)7-12/h3-10,22,25-26,28-29,31-35,37-38H,11H2,1-2H3/t22-,25-,26-,28-,29-/m0/s1. The molecule has 14 heteroatoms. The molecule has 3 aromatic carbocycles. The number of ether oxygens (including phenoxy) is 4. The van der Waals surface area contributed by atoms with Gasteiger partial charge in [-0.05, 0) is 36.4 Å². The number of fused-ring (bicyclic) bond motifs is 1. The number of esters is 1. The van der Waals surface area contributed by atoms with Crippen molar-refractivity contribution in [3.63, 3.8) is 0 Å². The molecule has 232 valence electrons. The molecule has 14 nitrogen and oxygen atoms in total. The zero-order valence-corrected chi connectivity index (χ0v) is 23.2. The lowest BCUT2D eigenvalue weighted by molar-refractivity contribution is -0.231. The minimum Gasteiger partial charge on any atom is -0.507 e. The number of carbonyl (C=O) groups excluding carboxylic acids is 1. The third-order valence-corrected chi connectivity index (χ3v) is 7.27. The van der Waals surface area contributed by atoms with E-state index in [1.807, 2.05) is 0 Å². The first-order valence-corrected chi connectivity index (χ1v) is 13.1. The van der Waals surface area contributed by atoms with E-state index >= 15 is 0 Å². The van der Waals surface area contributed by atoms with Gasteiger partial charge in [-0.3, -0.25) is 4.79 Å². The van der Waals surface area contributed by atoms with Crippen molar-refractivity contribution in [1.82, 2.24) is 0 Å². The van der Waals surface area contributed by atoms with Crippen LogP contribution in [0.2, 0.25) is 0 Å². The first-order chi connectivity index (χ1) is 21.0. The summed E-state index contributed by atoms with van der Waals surface area (Å²) in [6.45, 7) is -0.802. The van der Waals surface area contributed by atoms with Gasteiger partial charge >= 0.3 is 5.97 Å². The number of hydrogen-bond donors (Lipinski definition) is 7. The molecule has 1 aliphatic rings. The normalized spacial score (nSPS) is 21.6. The Morgan fingerprint density at radius 3 is 2.23 bits per heavy atom. The quantitative estimate of drug-likeness (QED) is 0.116. The Hall–Kier alpha value is -5.02. The summed E-state index contributed by atoms with van der Waals surface area (Å²) in [5.41, 5.74) is -1.53. The first kappa shape index (κ1) is 30.4. The fraction of sp³-hybridized carbons (Fsp3) is 0.267. The number of aliphatic hydroxyl groups is 3. The fourth-order valence-electron chi connectivity index (χ4n) is 5.02. The number of methoxy groups -OCH3 is 2. The maximum absolute atomic E-state index is 13.3. The van der Waals surface area contributed by atoms with E-state index in [9.17, 15) is 45.3 Å². The number of benzene rings is 3. The van der Waals surface area contributed by atoms with Crippen LogP contribution in [0.1, 0.15) is 22.0 Å². The smallest absolute Gasteiger partial charge is 0.338 e. The van der Waals surface area contributed by atoms with Crippen molar-refractivity contribution in [2.45, 2.75) is 30.5 Å². The molecular weight excluding hydrogens is 584 g/mol. The topological polar surface area (TPSA) is 226 Å². The van der Waals surface area contributed by atoms with Gasteiger partial charge in [0.05, 0.1) is 32.0 Å². The summed E-state index contributed by atoms with van der Waals surface area (Å²) in [5, 5.41) is 72.4. The summed E-state index contributed by atoms with van der Waals surface area (Å²) in [4.78, 5) is 26.5. The van der Waals surface area contributed by atoms with Crippen LogP contribution >= 0.6 is 0 Å². The Labute approximate surface area is 248 Å². The lowest BCUT2D eigenvalue weighted by atomic mass is 9.89. The number of aromatic hydroxyl groups is 4. The lowest BCUT2D eigenvalue weighted by Gasteiger charge is -2.42. The van der Waals surface area contributed by atoms with Crippen LogP contribution < -0.4 is 14.9 Å². The molecule has 0 unspecified atom stereocenters. The Kier molecular flexibility index (Phi) is 8.25. The molecule has 1 aliphatic heterocycles. The third kappa shape index (κ3) is 5.31. The highest BCUT2D eigenvalue weighted by Crippen LogP contribution is 2.45. The summed E-state index contributed by atoms with van der Waals surface area (Å²) in [6, 6.07) is 9.51. The minimum absolute atomic E-state index is 0.0480. The maximum Gasteiger partial charge on any atom is 0.338 e. The fourth-order valence-corrected chi connectivity index (χ4v) is 5.02. The predicted octanol–water partition coefficient (Wildman–Crippen LogP) is 1.68. The largest absolute Gasteiger partial charge is 0.507 e. The molecule has 1 aromatic heterocycles. The first-order valence-electron chi connectivity index (χ1n) is 13.1. The highest BCUT2D eigenvalue weighted by Gasteiger charge is 2.49. The third-order valence-electron chi connectivity index (χ3n) is 7.27. The van der Waals surface area contributed by atoms with E-state index in [4.69, 9.17) is 23.4 Å². The second-order valence-corrected chi connectivity index (χ2v) is 9.91. The molecule has 0 radical (unpaired) electrons. The summed E-state index contributed by atoms with van der Waals surface area (Å²) in [6.07, 6.45) is -8.53. The van der Waals surface area contributed by atoms with E-state index in [1.165, 1.54) is 38.5 Å². The van der Waals surface area contributed by atoms with Gasteiger partial charge in [-0.25, -0.2) is 4.79 Å². The molecule has 0 aliphatic carbocycles. The van der Waals surface area contributed by atoms with Crippen molar-refractivity contribution in [2.24, 2.45) is 0 Å². The number of rotatable bonds is 7. The summed E-state index contributed by atoms with van der Waals surface area (Å²) < 4.78 is 27.7. The van der Waals surface area contributed by atoms with Gasteiger partial charge in [0.25, 0.3) is 0 Å². The van der Waals surface area contributed by atoms with Crippen LogP contribution in [0.3, 0.4) is 0 Å². The molecule has 44 heavy (non-hydrogen) atoms. The van der Waals surface area contributed by atoms with Crippen molar-refractivity contribution < 1.29 is 63.9 Å². The molecule has 0 bridgehead atoms. The van der Waals surface area contributed by atoms with Crippen LogP contribution in [0.15, 0.2) is 57.7 Å². The van der Waals surface area contributed by atoms with E-state index in [-0.39, 0.29) is 28.2 Å². The van der Waals surface area contributed by atoms with E-state index in [1.54, 1.807) is 0 Å². The van der Waals surface area contributed by atoms with Gasteiger partial charge in [0.2, 0.25) is 0 Å². The molecule has 0 spiro atoms. The lowest BCUT2D eigenvalue weighted by Crippen LogP contribution is -2.56. The maximum atomic E-state index is 13.3. The van der Waals surface area contributed by atoms with Crippen molar-refractivity contribution in [3.05, 3.63) is 69.9 Å². The van der Waals surface area contributed by atoms with Crippen LogP contribution in [0.25, 0.3) is 22.3 Å². The zero-order valence-electron chi connectivity index (χ0n) is 23.2. The molecule has 0 saturated carbocycles. The van der Waals surface area contributed by atoms with Crippen molar-refractivity contribution in [1.29, 1.82) is 0 Å². The molecular formula is C30H28O14. The van der Waals surface area contributed by atoms with Gasteiger partial charge in [-0.1, -0.05) is 0 Å². The van der Waals surface area contributed by atoms with Gasteiger partial charge in [-0.15, -0.1) is 0 Å². The molecule has 2 heterocycles. The predicted molar refractivity (Wildman–Crippen MR) is 150 cm³/mol. The number of phenols is 4. The SMILES string of the molecule is COc1ccc(C(=O)O[C@H]2[C@@H](O)[C@@H](O)[C@H](CO)O[C@H]2c2c(O)cc(O)c3c(=O)cc(-c4ccc(O)c(O)c4)oc23)cc1OC. The Morgan fingerprint density at radius 1 is 0.841 bits per heavy atom. The monoisotopic (exact) mass is 612 g/mol. The van der Waals surface area contributed by atoms with E-state index in [0.717, 1.165) is 24.3 Å². The molecule has 5 atom stereocenters. The van der Waals surface area contributed by atoms with Crippen LogP contribution in [-0.4, -0.2) is 87.0 Å². The number of carbonyl (C=O) groups is 1. The van der Waals surface area contributed by atoms with Gasteiger partial charge in [0.15, 0.2) is 40.1 Å². The number of phenolic OH excluding ortho intramolecular Hbond substituents is 4. The van der Waals surface area contributed by atoms with Gasteiger partial charge < -0.3 is 59.1 Å². The average Bonchev–Trinajstić information content (AvgIpc) is 3.00. The van der Waals surface area contributed by atoms with Gasteiger partial charge in [0, 0.05) is 17.7 Å².